The molecule has 4 rings (SSSR count). The number of carbonyl (C=O) groups is 2. The van der Waals surface area contributed by atoms with Gasteiger partial charge in [-0.15, -0.1) is 0 Å². The van der Waals surface area contributed by atoms with Gasteiger partial charge < -0.3 is 4.74 Å². The fourth-order valence-corrected chi connectivity index (χ4v) is 4.68. The van der Waals surface area contributed by atoms with Crippen molar-refractivity contribution in [3.05, 3.63) is 71.3 Å². The second-order valence-corrected chi connectivity index (χ2v) is 9.63. The highest BCUT2D eigenvalue weighted by Gasteiger charge is 2.44. The Balaban J connectivity index is 1.20. The predicted octanol–water partition coefficient (Wildman–Crippen LogP) is 1.95. The van der Waals surface area contributed by atoms with Crippen molar-refractivity contribution < 1.29 is 22.7 Å². The first-order valence-electron chi connectivity index (χ1n) is 9.98. The molecule has 0 unspecified atom stereocenters. The van der Waals surface area contributed by atoms with E-state index in [-0.39, 0.29) is 42.7 Å². The third-order valence-electron chi connectivity index (χ3n) is 5.70. The molecule has 30 heavy (non-hydrogen) atoms. The highest BCUT2D eigenvalue weighted by atomic mass is 32.2. The Morgan fingerprint density at radius 3 is 2.10 bits per heavy atom. The first-order chi connectivity index (χ1) is 14.4. The summed E-state index contributed by atoms with van der Waals surface area (Å²) in [5.41, 5.74) is 1.84. The summed E-state index contributed by atoms with van der Waals surface area (Å²) in [6.07, 6.45) is 1.94. The summed E-state index contributed by atoms with van der Waals surface area (Å²) < 4.78 is 32.7. The van der Waals surface area contributed by atoms with Crippen LogP contribution in [-0.4, -0.2) is 57.2 Å². The SMILES string of the molecule is O=C1c2ccccc2C(=O)N1CCOCCS(=O)(=O)NCC1(c2ccccc2)CC1. The van der Waals surface area contributed by atoms with Gasteiger partial charge >= 0.3 is 0 Å². The molecule has 1 aliphatic carbocycles. The number of nitrogens with zero attached hydrogens (tertiary/aromatic N) is 1. The number of nitrogens with one attached hydrogen (secondary N) is 1. The van der Waals surface area contributed by atoms with Gasteiger partial charge in [-0.3, -0.25) is 14.5 Å². The van der Waals surface area contributed by atoms with Gasteiger partial charge in [0.25, 0.3) is 11.8 Å². The minimum atomic E-state index is -3.47. The molecule has 1 saturated carbocycles. The summed E-state index contributed by atoms with van der Waals surface area (Å²) in [5, 5.41) is 0. The van der Waals surface area contributed by atoms with Crippen molar-refractivity contribution in [2.24, 2.45) is 0 Å². The summed E-state index contributed by atoms with van der Waals surface area (Å²) in [6.45, 7) is 0.567. The van der Waals surface area contributed by atoms with E-state index in [1.54, 1.807) is 24.3 Å². The molecule has 0 aromatic heterocycles. The average Bonchev–Trinajstić information content (AvgIpc) is 3.52. The Bertz CT molecular complexity index is 1010. The van der Waals surface area contributed by atoms with E-state index in [1.807, 2.05) is 30.3 Å². The lowest BCUT2D eigenvalue weighted by Gasteiger charge is -2.17. The number of sulfonamides is 1. The van der Waals surface area contributed by atoms with Crippen molar-refractivity contribution in [1.29, 1.82) is 0 Å². The minimum Gasteiger partial charge on any atom is -0.378 e. The minimum absolute atomic E-state index is 0.00314. The lowest BCUT2D eigenvalue weighted by molar-refractivity contribution is 0.0575. The molecule has 2 aromatic carbocycles. The molecule has 2 aliphatic rings. The third-order valence-corrected chi connectivity index (χ3v) is 6.99. The standard InChI is InChI=1S/C22H24N2O5S/c25-20-18-8-4-5-9-19(18)21(26)24(20)12-13-29-14-15-30(27,28)23-16-22(10-11-22)17-6-2-1-3-7-17/h1-9,23H,10-16H2. The van der Waals surface area contributed by atoms with Crippen LogP contribution in [0.25, 0.3) is 0 Å². The monoisotopic (exact) mass is 428 g/mol. The number of benzene rings is 2. The molecule has 1 fully saturated rings. The Hall–Kier alpha value is -2.55. The van der Waals surface area contributed by atoms with Gasteiger partial charge in [0.2, 0.25) is 10.0 Å². The van der Waals surface area contributed by atoms with E-state index in [2.05, 4.69) is 4.72 Å². The smallest absolute Gasteiger partial charge is 0.261 e. The highest BCUT2D eigenvalue weighted by molar-refractivity contribution is 7.89. The molecule has 2 amide bonds. The average molecular weight is 429 g/mol. The van der Waals surface area contributed by atoms with E-state index in [1.165, 1.54) is 0 Å². The summed E-state index contributed by atoms with van der Waals surface area (Å²) in [6, 6.07) is 16.6. The predicted molar refractivity (Wildman–Crippen MR) is 112 cm³/mol. The largest absolute Gasteiger partial charge is 0.378 e. The lowest BCUT2D eigenvalue weighted by Crippen LogP contribution is -2.36. The van der Waals surface area contributed by atoms with Crippen molar-refractivity contribution in [2.45, 2.75) is 18.3 Å². The van der Waals surface area contributed by atoms with Gasteiger partial charge in [-0.1, -0.05) is 42.5 Å². The Morgan fingerprint density at radius 1 is 0.900 bits per heavy atom. The van der Waals surface area contributed by atoms with E-state index in [0.717, 1.165) is 23.3 Å². The molecule has 0 bridgehead atoms. The van der Waals surface area contributed by atoms with Gasteiger partial charge in [0.15, 0.2) is 0 Å². The molecule has 8 heteroatoms. The van der Waals surface area contributed by atoms with Crippen LogP contribution in [0.4, 0.5) is 0 Å². The molecule has 0 radical (unpaired) electrons. The molecule has 158 valence electrons. The second kappa shape index (κ2) is 8.29. The van der Waals surface area contributed by atoms with Gasteiger partial charge in [0.1, 0.15) is 0 Å². The zero-order valence-corrected chi connectivity index (χ0v) is 17.4. The Kier molecular flexibility index (Phi) is 5.73. The summed E-state index contributed by atoms with van der Waals surface area (Å²) in [4.78, 5) is 25.7. The van der Waals surface area contributed by atoms with E-state index < -0.39 is 10.0 Å². The Labute approximate surface area is 176 Å². The van der Waals surface area contributed by atoms with Gasteiger partial charge in [-0.25, -0.2) is 13.1 Å². The first-order valence-corrected chi connectivity index (χ1v) is 11.6. The fourth-order valence-electron chi connectivity index (χ4n) is 3.70. The molecule has 0 spiro atoms. The molecule has 0 atom stereocenters. The van der Waals surface area contributed by atoms with E-state index in [9.17, 15) is 18.0 Å². The maximum absolute atomic E-state index is 12.3. The van der Waals surface area contributed by atoms with Crippen LogP contribution in [0.2, 0.25) is 0 Å². The maximum Gasteiger partial charge on any atom is 0.261 e. The van der Waals surface area contributed by atoms with Crippen molar-refractivity contribution in [2.75, 3.05) is 32.1 Å². The number of rotatable bonds is 10. The number of hydrogen-bond donors (Lipinski definition) is 1. The quantitative estimate of drug-likeness (QED) is 0.461. The molecule has 0 saturated heterocycles. The number of ether oxygens (including phenoxy) is 1. The van der Waals surface area contributed by atoms with Crippen LogP contribution in [0.1, 0.15) is 39.1 Å². The summed E-state index contributed by atoms with van der Waals surface area (Å²) >= 11 is 0. The van der Waals surface area contributed by atoms with E-state index in [4.69, 9.17) is 4.74 Å². The molecular formula is C22H24N2O5S. The molecule has 7 nitrogen and oxygen atoms in total. The molecular weight excluding hydrogens is 404 g/mol. The van der Waals surface area contributed by atoms with Gasteiger partial charge in [-0.05, 0) is 30.5 Å². The van der Waals surface area contributed by atoms with Gasteiger partial charge in [-0.2, -0.15) is 0 Å². The van der Waals surface area contributed by atoms with Crippen LogP contribution < -0.4 is 4.72 Å². The van der Waals surface area contributed by atoms with Gasteiger partial charge in [0.05, 0.1) is 36.6 Å². The van der Waals surface area contributed by atoms with Crippen LogP contribution in [-0.2, 0) is 20.2 Å². The molecule has 1 N–H and O–H groups in total. The van der Waals surface area contributed by atoms with Crippen molar-refractivity contribution in [3.8, 4) is 0 Å². The maximum atomic E-state index is 12.3. The zero-order chi connectivity index (χ0) is 21.2. The number of imide groups is 1. The molecule has 2 aromatic rings. The number of carbonyl (C=O) groups excluding carboxylic acids is 2. The molecule has 1 heterocycles. The Morgan fingerprint density at radius 2 is 1.50 bits per heavy atom. The highest BCUT2D eigenvalue weighted by Crippen LogP contribution is 2.47. The second-order valence-electron chi connectivity index (χ2n) is 7.71. The first kappa shape index (κ1) is 20.7. The fraction of sp³-hybridized carbons (Fsp3) is 0.364. The number of hydrogen-bond acceptors (Lipinski definition) is 5. The van der Waals surface area contributed by atoms with Crippen LogP contribution in [0, 0.1) is 0 Å². The van der Waals surface area contributed by atoms with Gasteiger partial charge in [0, 0.05) is 12.0 Å². The number of fused-ring (bicyclic) bond motifs is 1. The third kappa shape index (κ3) is 4.30. The lowest BCUT2D eigenvalue weighted by atomic mass is 9.96. The number of amides is 2. The van der Waals surface area contributed by atoms with Crippen LogP contribution >= 0.6 is 0 Å². The van der Waals surface area contributed by atoms with E-state index >= 15 is 0 Å². The zero-order valence-electron chi connectivity index (χ0n) is 16.5. The summed E-state index contributed by atoms with van der Waals surface area (Å²) in [7, 11) is -3.47. The van der Waals surface area contributed by atoms with Crippen molar-refractivity contribution in [1.82, 2.24) is 9.62 Å². The summed E-state index contributed by atoms with van der Waals surface area (Å²) in [5.74, 6) is -0.853. The van der Waals surface area contributed by atoms with Crippen molar-refractivity contribution in [3.63, 3.8) is 0 Å². The van der Waals surface area contributed by atoms with Crippen LogP contribution in [0.5, 0.6) is 0 Å². The van der Waals surface area contributed by atoms with Crippen molar-refractivity contribution >= 4 is 21.8 Å². The topological polar surface area (TPSA) is 92.8 Å². The molecule has 1 aliphatic heterocycles. The normalized spacial score (nSPS) is 17.3. The van der Waals surface area contributed by atoms with Crippen LogP contribution in [0.15, 0.2) is 54.6 Å². The van der Waals surface area contributed by atoms with Crippen LogP contribution in [0.3, 0.4) is 0 Å². The van der Waals surface area contributed by atoms with E-state index in [0.29, 0.717) is 17.7 Å².